The highest BCUT2D eigenvalue weighted by Gasteiger charge is 2.49. The fraction of sp³-hybridized carbons (Fsp3) is 0.208. The molecule has 4 rings (SSSR count). The number of carbonyl (C=O) groups excluding carboxylic acids is 3. The summed E-state index contributed by atoms with van der Waals surface area (Å²) in [5, 5.41) is 7.63. The Kier molecular flexibility index (Phi) is 5.54. The molecule has 0 saturated carbocycles. The molecule has 0 aliphatic carbocycles. The minimum atomic E-state index is -1.22. The van der Waals surface area contributed by atoms with Crippen LogP contribution < -0.4 is 10.6 Å². The van der Waals surface area contributed by atoms with E-state index in [0.717, 1.165) is 25.7 Å². The standard InChI is InChI=1S/C24H22BrN3O3/c1-15(16-8-11-20(25)12-9-16)26-21(29)14-28-22(30)24(2,27-23(28)31)19-10-7-17-5-3-4-6-18(17)13-19/h3-13,15H,14H2,1-2H3,(H,26,29)(H,27,31). The maximum atomic E-state index is 13.2. The van der Waals surface area contributed by atoms with Gasteiger partial charge in [-0.25, -0.2) is 4.79 Å². The van der Waals surface area contributed by atoms with Crippen LogP contribution in [0.4, 0.5) is 4.79 Å². The Balaban J connectivity index is 1.49. The summed E-state index contributed by atoms with van der Waals surface area (Å²) in [5.41, 5.74) is 0.379. The molecule has 1 aliphatic rings. The SMILES string of the molecule is CC(NC(=O)CN1C(=O)NC(C)(c2ccc3ccccc3c2)C1=O)c1ccc(Br)cc1. The number of imide groups is 1. The van der Waals surface area contributed by atoms with Crippen molar-refractivity contribution in [2.24, 2.45) is 0 Å². The van der Waals surface area contributed by atoms with Crippen molar-refractivity contribution in [1.82, 2.24) is 15.5 Å². The van der Waals surface area contributed by atoms with Crippen molar-refractivity contribution < 1.29 is 14.4 Å². The Morgan fingerprint density at radius 2 is 1.74 bits per heavy atom. The molecule has 6 nitrogen and oxygen atoms in total. The smallest absolute Gasteiger partial charge is 0.325 e. The van der Waals surface area contributed by atoms with E-state index >= 15 is 0 Å². The molecule has 0 spiro atoms. The van der Waals surface area contributed by atoms with Gasteiger partial charge in [0.05, 0.1) is 6.04 Å². The Morgan fingerprint density at radius 1 is 1.06 bits per heavy atom. The molecule has 1 saturated heterocycles. The Labute approximate surface area is 188 Å². The summed E-state index contributed by atoms with van der Waals surface area (Å²) in [6.07, 6.45) is 0. The Bertz CT molecular complexity index is 1180. The van der Waals surface area contributed by atoms with Crippen molar-refractivity contribution in [3.8, 4) is 0 Å². The molecular weight excluding hydrogens is 458 g/mol. The minimum Gasteiger partial charge on any atom is -0.348 e. The molecule has 4 amide bonds. The number of hydrogen-bond acceptors (Lipinski definition) is 3. The van der Waals surface area contributed by atoms with Crippen LogP contribution in [0.2, 0.25) is 0 Å². The van der Waals surface area contributed by atoms with E-state index in [-0.39, 0.29) is 12.6 Å². The normalized spacial score (nSPS) is 19.4. The first-order valence-electron chi connectivity index (χ1n) is 9.96. The van der Waals surface area contributed by atoms with Gasteiger partial charge in [-0.05, 0) is 53.9 Å². The number of benzene rings is 3. The fourth-order valence-electron chi connectivity index (χ4n) is 3.80. The van der Waals surface area contributed by atoms with Gasteiger partial charge in [-0.15, -0.1) is 0 Å². The lowest BCUT2D eigenvalue weighted by Gasteiger charge is -2.23. The molecule has 2 atom stereocenters. The first-order valence-corrected chi connectivity index (χ1v) is 10.8. The Morgan fingerprint density at radius 3 is 2.45 bits per heavy atom. The maximum absolute atomic E-state index is 13.2. The molecule has 2 unspecified atom stereocenters. The summed E-state index contributed by atoms with van der Waals surface area (Å²) in [7, 11) is 0. The van der Waals surface area contributed by atoms with Crippen LogP contribution in [0.25, 0.3) is 10.8 Å². The first-order chi connectivity index (χ1) is 14.8. The number of rotatable bonds is 5. The second-order valence-electron chi connectivity index (χ2n) is 7.85. The van der Waals surface area contributed by atoms with E-state index in [0.29, 0.717) is 5.56 Å². The van der Waals surface area contributed by atoms with E-state index < -0.39 is 23.4 Å². The zero-order chi connectivity index (χ0) is 22.2. The van der Waals surface area contributed by atoms with Crippen LogP contribution >= 0.6 is 15.9 Å². The van der Waals surface area contributed by atoms with Crippen molar-refractivity contribution in [3.63, 3.8) is 0 Å². The maximum Gasteiger partial charge on any atom is 0.325 e. The lowest BCUT2D eigenvalue weighted by atomic mass is 9.90. The number of nitrogens with zero attached hydrogens (tertiary/aromatic N) is 1. The molecule has 1 fully saturated rings. The summed E-state index contributed by atoms with van der Waals surface area (Å²) in [6.45, 7) is 3.18. The van der Waals surface area contributed by atoms with Gasteiger partial charge in [0.1, 0.15) is 12.1 Å². The van der Waals surface area contributed by atoms with Gasteiger partial charge in [-0.2, -0.15) is 0 Å². The molecule has 0 radical (unpaired) electrons. The third-order valence-corrected chi connectivity index (χ3v) is 6.18. The number of carbonyl (C=O) groups is 3. The fourth-order valence-corrected chi connectivity index (χ4v) is 4.07. The monoisotopic (exact) mass is 479 g/mol. The van der Waals surface area contributed by atoms with E-state index in [2.05, 4.69) is 26.6 Å². The van der Waals surface area contributed by atoms with Gasteiger partial charge in [0, 0.05) is 4.47 Å². The molecule has 0 bridgehead atoms. The van der Waals surface area contributed by atoms with Crippen molar-refractivity contribution in [2.75, 3.05) is 6.54 Å². The van der Waals surface area contributed by atoms with Crippen molar-refractivity contribution in [3.05, 3.63) is 82.3 Å². The quantitative estimate of drug-likeness (QED) is 0.537. The van der Waals surface area contributed by atoms with E-state index in [1.807, 2.05) is 73.7 Å². The van der Waals surface area contributed by atoms with Gasteiger partial charge in [-0.3, -0.25) is 14.5 Å². The van der Waals surface area contributed by atoms with Crippen LogP contribution in [-0.2, 0) is 15.1 Å². The van der Waals surface area contributed by atoms with Crippen LogP contribution in [0.15, 0.2) is 71.2 Å². The predicted molar refractivity (Wildman–Crippen MR) is 122 cm³/mol. The van der Waals surface area contributed by atoms with Crippen molar-refractivity contribution in [1.29, 1.82) is 0 Å². The molecule has 0 aromatic heterocycles. The summed E-state index contributed by atoms with van der Waals surface area (Å²) in [5.74, 6) is -0.846. The summed E-state index contributed by atoms with van der Waals surface area (Å²) in [4.78, 5) is 39.3. The van der Waals surface area contributed by atoms with Gasteiger partial charge < -0.3 is 10.6 Å². The number of amides is 4. The van der Waals surface area contributed by atoms with Crippen LogP contribution in [0.1, 0.15) is 31.0 Å². The van der Waals surface area contributed by atoms with E-state index in [4.69, 9.17) is 0 Å². The van der Waals surface area contributed by atoms with Crippen LogP contribution in [-0.4, -0.2) is 29.3 Å². The molecule has 31 heavy (non-hydrogen) atoms. The van der Waals surface area contributed by atoms with E-state index in [1.165, 1.54) is 0 Å². The van der Waals surface area contributed by atoms with Crippen LogP contribution in [0.3, 0.4) is 0 Å². The number of hydrogen-bond donors (Lipinski definition) is 2. The van der Waals surface area contributed by atoms with Crippen molar-refractivity contribution in [2.45, 2.75) is 25.4 Å². The average Bonchev–Trinajstić information content (AvgIpc) is 2.97. The van der Waals surface area contributed by atoms with Crippen LogP contribution in [0.5, 0.6) is 0 Å². The summed E-state index contributed by atoms with van der Waals surface area (Å²) < 4.78 is 0.946. The molecule has 1 heterocycles. The Hall–Kier alpha value is -3.19. The average molecular weight is 480 g/mol. The molecular formula is C24H22BrN3O3. The summed E-state index contributed by atoms with van der Waals surface area (Å²) in [6, 6.07) is 20.2. The second-order valence-corrected chi connectivity index (χ2v) is 8.76. The second kappa shape index (κ2) is 8.15. The molecule has 3 aromatic rings. The predicted octanol–water partition coefficient (Wildman–Crippen LogP) is 4.25. The highest BCUT2D eigenvalue weighted by molar-refractivity contribution is 9.10. The number of nitrogens with one attached hydrogen (secondary N) is 2. The van der Waals surface area contributed by atoms with Gasteiger partial charge >= 0.3 is 6.03 Å². The highest BCUT2D eigenvalue weighted by Crippen LogP contribution is 2.31. The molecule has 2 N–H and O–H groups in total. The van der Waals surface area contributed by atoms with Crippen LogP contribution in [0, 0.1) is 0 Å². The minimum absolute atomic E-state index is 0.256. The van der Waals surface area contributed by atoms with Gasteiger partial charge in [0.2, 0.25) is 5.91 Å². The zero-order valence-corrected chi connectivity index (χ0v) is 18.8. The van der Waals surface area contributed by atoms with E-state index in [9.17, 15) is 14.4 Å². The molecule has 7 heteroatoms. The topological polar surface area (TPSA) is 78.5 Å². The first kappa shape index (κ1) is 21.1. The third kappa shape index (κ3) is 4.05. The number of fused-ring (bicyclic) bond motifs is 1. The third-order valence-electron chi connectivity index (χ3n) is 5.65. The van der Waals surface area contributed by atoms with Gasteiger partial charge in [0.25, 0.3) is 5.91 Å². The zero-order valence-electron chi connectivity index (χ0n) is 17.2. The highest BCUT2D eigenvalue weighted by atomic mass is 79.9. The summed E-state index contributed by atoms with van der Waals surface area (Å²) >= 11 is 3.38. The van der Waals surface area contributed by atoms with Gasteiger partial charge in [-0.1, -0.05) is 64.5 Å². The number of halogens is 1. The van der Waals surface area contributed by atoms with Crippen molar-refractivity contribution >= 4 is 44.5 Å². The lowest BCUT2D eigenvalue weighted by Crippen LogP contribution is -2.43. The molecule has 158 valence electrons. The molecule has 3 aromatic carbocycles. The van der Waals surface area contributed by atoms with E-state index in [1.54, 1.807) is 6.92 Å². The van der Waals surface area contributed by atoms with Gasteiger partial charge in [0.15, 0.2) is 0 Å². The number of urea groups is 1. The largest absolute Gasteiger partial charge is 0.348 e. The molecule has 1 aliphatic heterocycles. The lowest BCUT2D eigenvalue weighted by molar-refractivity contribution is -0.135.